The number of ether oxygens (including phenoxy) is 1. The number of carbonyl (C=O) groups is 2. The second-order valence-corrected chi connectivity index (χ2v) is 8.73. The molecule has 1 aliphatic heterocycles. The molecular weight excluding hydrogens is 442 g/mol. The van der Waals surface area contributed by atoms with Crippen molar-refractivity contribution in [3.05, 3.63) is 78.4 Å². The maximum Gasteiger partial charge on any atom is 0.254 e. The molecule has 0 bridgehead atoms. The maximum atomic E-state index is 13.1. The molecule has 8 heteroatoms. The number of piperazine rings is 1. The third-order valence-corrected chi connectivity index (χ3v) is 6.17. The molecule has 0 atom stereocenters. The first-order valence-corrected chi connectivity index (χ1v) is 11.6. The van der Waals surface area contributed by atoms with Gasteiger partial charge in [0.25, 0.3) is 5.91 Å². The van der Waals surface area contributed by atoms with Crippen LogP contribution in [0.15, 0.2) is 72.8 Å². The van der Waals surface area contributed by atoms with Gasteiger partial charge in [0.2, 0.25) is 5.91 Å². The summed E-state index contributed by atoms with van der Waals surface area (Å²) in [6.07, 6.45) is 0. The third-order valence-electron chi connectivity index (χ3n) is 6.17. The lowest BCUT2D eigenvalue weighted by Crippen LogP contribution is -2.47. The van der Waals surface area contributed by atoms with Crippen molar-refractivity contribution >= 4 is 22.8 Å². The van der Waals surface area contributed by atoms with E-state index in [9.17, 15) is 9.59 Å². The van der Waals surface area contributed by atoms with E-state index in [1.807, 2.05) is 65.6 Å². The minimum atomic E-state index is -0.472. The molecule has 2 amide bonds. The Morgan fingerprint density at radius 1 is 0.914 bits per heavy atom. The first kappa shape index (κ1) is 22.6. The minimum Gasteiger partial charge on any atom is -0.457 e. The number of hydrogen-bond acceptors (Lipinski definition) is 5. The molecule has 0 aliphatic carbocycles. The van der Waals surface area contributed by atoms with Crippen LogP contribution in [0.25, 0.3) is 22.4 Å². The van der Waals surface area contributed by atoms with Crippen LogP contribution in [0.3, 0.4) is 0 Å². The van der Waals surface area contributed by atoms with Gasteiger partial charge in [-0.25, -0.2) is 4.98 Å². The molecule has 2 heterocycles. The van der Waals surface area contributed by atoms with E-state index in [0.29, 0.717) is 35.7 Å². The Hall–Kier alpha value is -4.17. The van der Waals surface area contributed by atoms with Crippen LogP contribution >= 0.6 is 0 Å². The van der Waals surface area contributed by atoms with Crippen LogP contribution in [0.1, 0.15) is 10.4 Å². The monoisotopic (exact) mass is 469 g/mol. The quantitative estimate of drug-likeness (QED) is 0.467. The predicted molar refractivity (Wildman–Crippen MR) is 134 cm³/mol. The highest BCUT2D eigenvalue weighted by atomic mass is 16.5. The van der Waals surface area contributed by atoms with Crippen molar-refractivity contribution in [2.75, 3.05) is 33.2 Å². The van der Waals surface area contributed by atoms with Crippen molar-refractivity contribution in [3.63, 3.8) is 0 Å². The van der Waals surface area contributed by atoms with Gasteiger partial charge in [-0.15, -0.1) is 0 Å². The summed E-state index contributed by atoms with van der Waals surface area (Å²) in [5.74, 6) is 1.48. The molecule has 5 rings (SSSR count). The van der Waals surface area contributed by atoms with Gasteiger partial charge in [-0.1, -0.05) is 30.3 Å². The zero-order valence-corrected chi connectivity index (χ0v) is 19.6. The number of nitrogens with zero attached hydrogens (tertiary/aromatic N) is 4. The standard InChI is InChI=1S/C27H27N5O3/c1-30-12-14-31(15-13-30)27(34)20-10-11-24-23(17-20)29-26(32(24)18-25(28)33)19-6-5-9-22(16-19)35-21-7-3-2-4-8-21/h2-11,16-17H,12-15,18H2,1H3,(H2,28,33). The van der Waals surface area contributed by atoms with E-state index in [1.165, 1.54) is 0 Å². The third kappa shape index (κ3) is 4.88. The first-order chi connectivity index (χ1) is 17.0. The Balaban J connectivity index is 1.50. The molecule has 1 aromatic heterocycles. The minimum absolute atomic E-state index is 0.00994. The van der Waals surface area contributed by atoms with E-state index in [4.69, 9.17) is 15.5 Å². The van der Waals surface area contributed by atoms with E-state index < -0.39 is 5.91 Å². The summed E-state index contributed by atoms with van der Waals surface area (Å²) in [5, 5.41) is 0. The van der Waals surface area contributed by atoms with Gasteiger partial charge >= 0.3 is 0 Å². The average molecular weight is 470 g/mol. The number of imidazole rings is 1. The normalized spacial score (nSPS) is 14.3. The number of rotatable bonds is 6. The molecule has 3 aromatic carbocycles. The van der Waals surface area contributed by atoms with Crippen LogP contribution in [-0.4, -0.2) is 64.4 Å². The highest BCUT2D eigenvalue weighted by Gasteiger charge is 2.22. The van der Waals surface area contributed by atoms with Gasteiger partial charge in [0, 0.05) is 37.3 Å². The zero-order valence-electron chi connectivity index (χ0n) is 19.6. The van der Waals surface area contributed by atoms with Gasteiger partial charge in [-0.05, 0) is 49.5 Å². The van der Waals surface area contributed by atoms with E-state index >= 15 is 0 Å². The van der Waals surface area contributed by atoms with Gasteiger partial charge in [-0.2, -0.15) is 0 Å². The molecule has 0 radical (unpaired) electrons. The largest absolute Gasteiger partial charge is 0.457 e. The van der Waals surface area contributed by atoms with Crippen molar-refractivity contribution in [2.45, 2.75) is 6.54 Å². The molecule has 0 spiro atoms. The van der Waals surface area contributed by atoms with Crippen molar-refractivity contribution in [2.24, 2.45) is 5.73 Å². The molecule has 8 nitrogen and oxygen atoms in total. The molecule has 1 fully saturated rings. The summed E-state index contributed by atoms with van der Waals surface area (Å²) < 4.78 is 7.76. The van der Waals surface area contributed by atoms with Gasteiger partial charge in [0.15, 0.2) is 0 Å². The van der Waals surface area contributed by atoms with Crippen LogP contribution in [-0.2, 0) is 11.3 Å². The summed E-state index contributed by atoms with van der Waals surface area (Å²) in [5.41, 5.74) is 8.30. The fourth-order valence-corrected chi connectivity index (χ4v) is 4.31. The van der Waals surface area contributed by atoms with Crippen LogP contribution in [0, 0.1) is 0 Å². The number of primary amides is 1. The summed E-state index contributed by atoms with van der Waals surface area (Å²) in [6, 6.07) is 22.5. The van der Waals surface area contributed by atoms with Crippen LogP contribution in [0.4, 0.5) is 0 Å². The topological polar surface area (TPSA) is 93.7 Å². The van der Waals surface area contributed by atoms with Crippen molar-refractivity contribution < 1.29 is 14.3 Å². The number of hydrogen-bond donors (Lipinski definition) is 1. The molecule has 1 saturated heterocycles. The summed E-state index contributed by atoms with van der Waals surface area (Å²) in [6.45, 7) is 3.08. The summed E-state index contributed by atoms with van der Waals surface area (Å²) in [4.78, 5) is 33.9. The lowest BCUT2D eigenvalue weighted by Gasteiger charge is -2.32. The highest BCUT2D eigenvalue weighted by Crippen LogP contribution is 2.30. The fourth-order valence-electron chi connectivity index (χ4n) is 4.31. The van der Waals surface area contributed by atoms with Gasteiger partial charge in [0.1, 0.15) is 23.9 Å². The Morgan fingerprint density at radius 2 is 1.66 bits per heavy atom. The van der Waals surface area contributed by atoms with Crippen LogP contribution in [0.5, 0.6) is 11.5 Å². The zero-order chi connectivity index (χ0) is 24.4. The lowest BCUT2D eigenvalue weighted by atomic mass is 10.1. The first-order valence-electron chi connectivity index (χ1n) is 11.6. The molecule has 0 unspecified atom stereocenters. The number of fused-ring (bicyclic) bond motifs is 1. The highest BCUT2D eigenvalue weighted by molar-refractivity contribution is 5.98. The number of para-hydroxylation sites is 1. The molecule has 35 heavy (non-hydrogen) atoms. The Bertz CT molecular complexity index is 1370. The molecule has 4 aromatic rings. The van der Waals surface area contributed by atoms with E-state index in [0.717, 1.165) is 29.9 Å². The van der Waals surface area contributed by atoms with E-state index in [2.05, 4.69) is 11.9 Å². The smallest absolute Gasteiger partial charge is 0.254 e. The average Bonchev–Trinajstić information content (AvgIpc) is 3.22. The van der Waals surface area contributed by atoms with Gasteiger partial charge in [0.05, 0.1) is 11.0 Å². The van der Waals surface area contributed by atoms with E-state index in [1.54, 1.807) is 16.7 Å². The van der Waals surface area contributed by atoms with Crippen molar-refractivity contribution in [3.8, 4) is 22.9 Å². The maximum absolute atomic E-state index is 13.1. The lowest BCUT2D eigenvalue weighted by molar-refractivity contribution is -0.118. The Labute approximate surface area is 203 Å². The number of amides is 2. The number of aromatic nitrogens is 2. The molecule has 1 aliphatic rings. The molecular formula is C27H27N5O3. The number of benzene rings is 3. The second kappa shape index (κ2) is 9.60. The number of carbonyl (C=O) groups excluding carboxylic acids is 2. The van der Waals surface area contributed by atoms with Gasteiger partial charge < -0.3 is 24.8 Å². The Kier molecular flexibility index (Phi) is 6.20. The van der Waals surface area contributed by atoms with Crippen molar-refractivity contribution in [1.29, 1.82) is 0 Å². The second-order valence-electron chi connectivity index (χ2n) is 8.73. The molecule has 0 saturated carbocycles. The molecule has 2 N–H and O–H groups in total. The SMILES string of the molecule is CN1CCN(C(=O)c2ccc3c(c2)nc(-c2cccc(Oc4ccccc4)c2)n3CC(N)=O)CC1. The van der Waals surface area contributed by atoms with Crippen LogP contribution in [0.2, 0.25) is 0 Å². The molecule has 178 valence electrons. The number of likely N-dealkylation sites (N-methyl/N-ethyl adjacent to an activating group) is 1. The Morgan fingerprint density at radius 3 is 2.40 bits per heavy atom. The number of nitrogens with two attached hydrogens (primary N) is 1. The van der Waals surface area contributed by atoms with Crippen LogP contribution < -0.4 is 10.5 Å². The van der Waals surface area contributed by atoms with Crippen molar-refractivity contribution in [1.82, 2.24) is 19.4 Å². The van der Waals surface area contributed by atoms with E-state index in [-0.39, 0.29) is 12.5 Å². The fraction of sp³-hybridized carbons (Fsp3) is 0.222. The predicted octanol–water partition coefficient (Wildman–Crippen LogP) is 3.37. The summed E-state index contributed by atoms with van der Waals surface area (Å²) in [7, 11) is 2.06. The van der Waals surface area contributed by atoms with Gasteiger partial charge in [-0.3, -0.25) is 9.59 Å². The summed E-state index contributed by atoms with van der Waals surface area (Å²) >= 11 is 0.